The number of carbonyl (C=O) groups excluding carboxylic acids is 1. The lowest BCUT2D eigenvalue weighted by Gasteiger charge is -2.13. The molecule has 7 heteroatoms. The quantitative estimate of drug-likeness (QED) is 0.316. The van der Waals surface area contributed by atoms with Gasteiger partial charge >= 0.3 is 0 Å². The van der Waals surface area contributed by atoms with Gasteiger partial charge in [-0.2, -0.15) is 4.98 Å². The zero-order valence-electron chi connectivity index (χ0n) is 19.1. The first-order valence-corrected chi connectivity index (χ1v) is 11.9. The lowest BCUT2D eigenvalue weighted by atomic mass is 9.97. The van der Waals surface area contributed by atoms with Crippen LogP contribution in [0.4, 0.5) is 23.1 Å². The summed E-state index contributed by atoms with van der Waals surface area (Å²) in [7, 11) is 0. The number of nitrogens with zero attached hydrogens (tertiary/aromatic N) is 2. The minimum atomic E-state index is 0.0345. The number of carbonyl (C=O) groups is 1. The predicted molar refractivity (Wildman–Crippen MR) is 139 cm³/mol. The van der Waals surface area contributed by atoms with Gasteiger partial charge in [-0.05, 0) is 71.8 Å². The summed E-state index contributed by atoms with van der Waals surface area (Å²) in [6, 6.07) is 21.8. The smallest absolute Gasteiger partial charge is 0.229 e. The molecule has 6 nitrogen and oxygen atoms in total. The molecule has 35 heavy (non-hydrogen) atoms. The van der Waals surface area contributed by atoms with E-state index >= 15 is 0 Å². The van der Waals surface area contributed by atoms with Crippen molar-refractivity contribution in [1.82, 2.24) is 9.97 Å². The standard InChI is InChI=1S/C28H25ClN4O2/c29-25-17-30-28-32-23-3-1-2-19(13-23)8-9-21-12-22(16-24(14-21)31-27(25)33-28)26(35)15-20-6-4-18(5-7-20)10-11-34/h1-7,12-14,16-17,34H,8-11,15H2,(H2,30,31,32,33). The van der Waals surface area contributed by atoms with Gasteiger partial charge in [-0.15, -0.1) is 0 Å². The van der Waals surface area contributed by atoms with E-state index in [0.717, 1.165) is 40.9 Å². The normalized spacial score (nSPS) is 12.4. The first-order chi connectivity index (χ1) is 17.1. The third-order valence-corrected chi connectivity index (χ3v) is 6.27. The number of aliphatic hydroxyl groups is 1. The molecule has 0 fully saturated rings. The van der Waals surface area contributed by atoms with Gasteiger partial charge in [0, 0.05) is 30.0 Å². The molecule has 0 saturated carbocycles. The van der Waals surface area contributed by atoms with Crippen molar-refractivity contribution in [1.29, 1.82) is 0 Å². The Balaban J connectivity index is 1.48. The SMILES string of the molecule is O=C(Cc1ccc(CCO)cc1)c1cc2cc(c1)Nc1nc(ncc1Cl)Nc1cccc(c1)CC2. The first kappa shape index (κ1) is 23.0. The monoisotopic (exact) mass is 484 g/mol. The third kappa shape index (κ3) is 5.67. The number of ketones is 1. The Labute approximate surface area is 209 Å². The maximum atomic E-state index is 13.3. The Kier molecular flexibility index (Phi) is 6.75. The molecule has 0 saturated heterocycles. The summed E-state index contributed by atoms with van der Waals surface area (Å²) in [5.74, 6) is 0.937. The van der Waals surface area contributed by atoms with Gasteiger partial charge in [-0.3, -0.25) is 4.79 Å². The van der Waals surface area contributed by atoms with Crippen molar-refractivity contribution in [2.24, 2.45) is 0 Å². The van der Waals surface area contributed by atoms with Crippen LogP contribution in [-0.2, 0) is 25.7 Å². The number of nitrogens with one attached hydrogen (secondary N) is 2. The highest BCUT2D eigenvalue weighted by atomic mass is 35.5. The molecular formula is C28H25ClN4O2. The summed E-state index contributed by atoms with van der Waals surface area (Å²) < 4.78 is 0. The Morgan fingerprint density at radius 2 is 1.69 bits per heavy atom. The fraction of sp³-hybridized carbons (Fsp3) is 0.179. The van der Waals surface area contributed by atoms with Crippen LogP contribution in [0, 0.1) is 0 Å². The van der Waals surface area contributed by atoms with Crippen LogP contribution in [0.5, 0.6) is 0 Å². The number of anilines is 4. The van der Waals surface area contributed by atoms with E-state index < -0.39 is 0 Å². The lowest BCUT2D eigenvalue weighted by Crippen LogP contribution is -2.07. The second-order valence-corrected chi connectivity index (χ2v) is 9.06. The van der Waals surface area contributed by atoms with Crippen LogP contribution in [0.15, 0.2) is 72.9 Å². The Hall–Kier alpha value is -3.74. The summed E-state index contributed by atoms with van der Waals surface area (Å²) in [6.45, 7) is 0.110. The second kappa shape index (κ2) is 10.3. The van der Waals surface area contributed by atoms with Gasteiger partial charge in [0.15, 0.2) is 11.6 Å². The molecule has 0 unspecified atom stereocenters. The van der Waals surface area contributed by atoms with Gasteiger partial charge in [-0.25, -0.2) is 4.98 Å². The third-order valence-electron chi connectivity index (χ3n) is 6.00. The molecule has 4 aromatic rings. The van der Waals surface area contributed by atoms with E-state index in [0.29, 0.717) is 35.2 Å². The molecular weight excluding hydrogens is 460 g/mol. The zero-order chi connectivity index (χ0) is 24.2. The van der Waals surface area contributed by atoms with Crippen molar-refractivity contribution in [3.05, 3.63) is 106 Å². The van der Waals surface area contributed by atoms with Crippen LogP contribution < -0.4 is 10.6 Å². The highest BCUT2D eigenvalue weighted by molar-refractivity contribution is 6.32. The van der Waals surface area contributed by atoms with Crippen molar-refractivity contribution in [3.8, 4) is 0 Å². The van der Waals surface area contributed by atoms with Crippen molar-refractivity contribution in [2.75, 3.05) is 17.2 Å². The zero-order valence-corrected chi connectivity index (χ0v) is 19.8. The van der Waals surface area contributed by atoms with Crippen molar-refractivity contribution >= 4 is 40.5 Å². The number of aliphatic hydroxyl groups excluding tert-OH is 1. The van der Waals surface area contributed by atoms with Crippen LogP contribution in [0.3, 0.4) is 0 Å². The maximum absolute atomic E-state index is 13.3. The number of rotatable bonds is 5. The molecule has 0 atom stereocenters. The molecule has 176 valence electrons. The van der Waals surface area contributed by atoms with Crippen LogP contribution in [0.2, 0.25) is 5.02 Å². The highest BCUT2D eigenvalue weighted by Gasteiger charge is 2.14. The van der Waals surface area contributed by atoms with E-state index in [2.05, 4.69) is 32.7 Å². The average Bonchev–Trinajstić information content (AvgIpc) is 2.86. The Bertz CT molecular complexity index is 1370. The number of hydrogen-bond donors (Lipinski definition) is 3. The largest absolute Gasteiger partial charge is 0.396 e. The molecule has 1 aliphatic heterocycles. The molecule has 6 bridgehead atoms. The topological polar surface area (TPSA) is 87.1 Å². The summed E-state index contributed by atoms with van der Waals surface area (Å²) in [6.07, 6.45) is 4.08. The summed E-state index contributed by atoms with van der Waals surface area (Å²) >= 11 is 6.38. The molecule has 1 aliphatic rings. The Morgan fingerprint density at radius 1 is 0.914 bits per heavy atom. The molecule has 0 amide bonds. The van der Waals surface area contributed by atoms with Crippen molar-refractivity contribution in [2.45, 2.75) is 25.7 Å². The molecule has 3 aromatic carbocycles. The van der Waals surface area contributed by atoms with Crippen molar-refractivity contribution in [3.63, 3.8) is 0 Å². The molecule has 3 N–H and O–H groups in total. The number of Topliss-reactive ketones (excluding diaryl/α,β-unsaturated/α-hetero) is 1. The number of halogens is 1. The summed E-state index contributed by atoms with van der Waals surface area (Å²) in [4.78, 5) is 22.1. The number of aromatic nitrogens is 2. The number of hydrogen-bond acceptors (Lipinski definition) is 6. The van der Waals surface area contributed by atoms with Crippen LogP contribution >= 0.6 is 11.6 Å². The summed E-state index contributed by atoms with van der Waals surface area (Å²) in [5, 5.41) is 16.0. The molecule has 1 aromatic heterocycles. The van der Waals surface area contributed by atoms with Gasteiger partial charge in [0.05, 0.1) is 6.20 Å². The second-order valence-electron chi connectivity index (χ2n) is 8.65. The van der Waals surface area contributed by atoms with Gasteiger partial charge in [0.1, 0.15) is 5.02 Å². The molecule has 2 heterocycles. The molecule has 5 rings (SSSR count). The van der Waals surface area contributed by atoms with Gasteiger partial charge in [0.2, 0.25) is 5.95 Å². The van der Waals surface area contributed by atoms with Crippen molar-refractivity contribution < 1.29 is 9.90 Å². The van der Waals surface area contributed by atoms with Gasteiger partial charge in [-0.1, -0.05) is 48.0 Å². The van der Waals surface area contributed by atoms with E-state index in [4.69, 9.17) is 16.7 Å². The van der Waals surface area contributed by atoms with Crippen LogP contribution in [0.1, 0.15) is 32.6 Å². The first-order valence-electron chi connectivity index (χ1n) is 11.6. The molecule has 0 aliphatic carbocycles. The fourth-order valence-electron chi connectivity index (χ4n) is 4.18. The van der Waals surface area contributed by atoms with E-state index in [1.54, 1.807) is 6.20 Å². The fourth-order valence-corrected chi connectivity index (χ4v) is 4.32. The molecule has 0 spiro atoms. The average molecular weight is 485 g/mol. The molecule has 0 radical (unpaired) electrons. The van der Waals surface area contributed by atoms with E-state index in [-0.39, 0.29) is 12.4 Å². The van der Waals surface area contributed by atoms with E-state index in [1.165, 1.54) is 5.56 Å². The summed E-state index contributed by atoms with van der Waals surface area (Å²) in [5.41, 5.74) is 6.52. The maximum Gasteiger partial charge on any atom is 0.229 e. The predicted octanol–water partition coefficient (Wildman–Crippen LogP) is 5.68. The highest BCUT2D eigenvalue weighted by Crippen LogP contribution is 2.28. The van der Waals surface area contributed by atoms with Crippen LogP contribution in [-0.4, -0.2) is 27.5 Å². The van der Waals surface area contributed by atoms with Gasteiger partial charge < -0.3 is 15.7 Å². The van der Waals surface area contributed by atoms with Gasteiger partial charge in [0.25, 0.3) is 0 Å². The Morgan fingerprint density at radius 3 is 2.51 bits per heavy atom. The number of aryl methyl sites for hydroxylation is 2. The van der Waals surface area contributed by atoms with E-state index in [9.17, 15) is 4.79 Å². The minimum Gasteiger partial charge on any atom is -0.396 e. The number of fused-ring (bicyclic) bond motifs is 6. The van der Waals surface area contributed by atoms with E-state index in [1.807, 2.05) is 54.6 Å². The number of benzene rings is 3. The van der Waals surface area contributed by atoms with Crippen LogP contribution in [0.25, 0.3) is 0 Å². The minimum absolute atomic E-state index is 0.0345. The lowest BCUT2D eigenvalue weighted by molar-refractivity contribution is 0.0993.